The molecular formula is C13H15ClN2S2. The van der Waals surface area contributed by atoms with Gasteiger partial charge < -0.3 is 5.32 Å². The van der Waals surface area contributed by atoms with Crippen LogP contribution in [0.3, 0.4) is 0 Å². The highest BCUT2D eigenvalue weighted by atomic mass is 35.5. The van der Waals surface area contributed by atoms with Gasteiger partial charge in [0.15, 0.2) is 0 Å². The van der Waals surface area contributed by atoms with Gasteiger partial charge >= 0.3 is 0 Å². The van der Waals surface area contributed by atoms with Gasteiger partial charge in [0.2, 0.25) is 0 Å². The van der Waals surface area contributed by atoms with Gasteiger partial charge in [0.1, 0.15) is 5.01 Å². The number of thiazole rings is 1. The van der Waals surface area contributed by atoms with Gasteiger partial charge in [-0.05, 0) is 38.3 Å². The number of nitrogens with zero attached hydrogens (tertiary/aromatic N) is 1. The Hall–Kier alpha value is -0.420. The van der Waals surface area contributed by atoms with Crippen LogP contribution in [0.4, 0.5) is 0 Å². The molecular weight excluding hydrogens is 284 g/mol. The van der Waals surface area contributed by atoms with Crippen LogP contribution in [-0.2, 0) is 6.42 Å². The van der Waals surface area contributed by atoms with Crippen LogP contribution in [0, 0.1) is 6.92 Å². The molecule has 18 heavy (non-hydrogen) atoms. The zero-order valence-electron chi connectivity index (χ0n) is 10.4. The SMILES string of the molecule is Cc1cnc(C(C)NC2CCc3sc(Cl)cc32)s1. The van der Waals surface area contributed by atoms with Crippen molar-refractivity contribution < 1.29 is 0 Å². The first-order valence-corrected chi connectivity index (χ1v) is 8.11. The van der Waals surface area contributed by atoms with Crippen molar-refractivity contribution in [2.24, 2.45) is 0 Å². The minimum Gasteiger partial charge on any atom is -0.301 e. The van der Waals surface area contributed by atoms with Crippen molar-refractivity contribution in [2.45, 2.75) is 38.8 Å². The maximum Gasteiger partial charge on any atom is 0.109 e. The number of aryl methyl sites for hydroxylation is 2. The molecule has 0 amide bonds. The Morgan fingerprint density at radius 3 is 3.06 bits per heavy atom. The first-order chi connectivity index (χ1) is 8.63. The number of nitrogens with one attached hydrogen (secondary N) is 1. The van der Waals surface area contributed by atoms with E-state index in [2.05, 4.69) is 30.2 Å². The minimum absolute atomic E-state index is 0.304. The van der Waals surface area contributed by atoms with Crippen LogP contribution in [0.15, 0.2) is 12.3 Å². The lowest BCUT2D eigenvalue weighted by Gasteiger charge is -2.17. The third kappa shape index (κ3) is 2.35. The third-order valence-electron chi connectivity index (χ3n) is 3.31. The minimum atomic E-state index is 0.304. The van der Waals surface area contributed by atoms with Crippen molar-refractivity contribution >= 4 is 34.3 Å². The number of thiophene rings is 1. The Kier molecular flexibility index (Phi) is 3.45. The van der Waals surface area contributed by atoms with Gasteiger partial charge in [0.05, 0.1) is 10.4 Å². The Morgan fingerprint density at radius 1 is 1.50 bits per heavy atom. The molecule has 1 aliphatic carbocycles. The van der Waals surface area contributed by atoms with E-state index in [1.807, 2.05) is 6.20 Å². The van der Waals surface area contributed by atoms with Crippen molar-refractivity contribution in [1.82, 2.24) is 10.3 Å². The van der Waals surface area contributed by atoms with Crippen molar-refractivity contribution in [3.63, 3.8) is 0 Å². The average Bonchev–Trinajstić information content (AvgIpc) is 2.97. The summed E-state index contributed by atoms with van der Waals surface area (Å²) in [6.07, 6.45) is 4.26. The summed E-state index contributed by atoms with van der Waals surface area (Å²) in [5, 5.41) is 4.84. The van der Waals surface area contributed by atoms with E-state index >= 15 is 0 Å². The van der Waals surface area contributed by atoms with Crippen LogP contribution in [0.2, 0.25) is 4.34 Å². The van der Waals surface area contributed by atoms with E-state index in [1.165, 1.54) is 26.7 Å². The van der Waals surface area contributed by atoms with Gasteiger partial charge in [-0.15, -0.1) is 22.7 Å². The van der Waals surface area contributed by atoms with Crippen LogP contribution in [0.25, 0.3) is 0 Å². The second kappa shape index (κ2) is 4.93. The van der Waals surface area contributed by atoms with Crippen LogP contribution >= 0.6 is 34.3 Å². The lowest BCUT2D eigenvalue weighted by molar-refractivity contribution is 0.464. The fourth-order valence-corrected chi connectivity index (χ4v) is 4.59. The fourth-order valence-electron chi connectivity index (χ4n) is 2.45. The standard InChI is InChI=1S/C13H15ClN2S2/c1-7-6-15-13(17-7)8(2)16-10-3-4-11-9(10)5-12(14)18-11/h5-6,8,10,16H,3-4H2,1-2H3. The highest BCUT2D eigenvalue weighted by Gasteiger charge is 2.26. The molecule has 0 saturated carbocycles. The summed E-state index contributed by atoms with van der Waals surface area (Å²) >= 11 is 9.57. The van der Waals surface area contributed by atoms with Crippen LogP contribution in [-0.4, -0.2) is 4.98 Å². The second-order valence-electron chi connectivity index (χ2n) is 4.72. The van der Waals surface area contributed by atoms with E-state index < -0.39 is 0 Å². The molecule has 0 saturated heterocycles. The predicted molar refractivity (Wildman–Crippen MR) is 78.8 cm³/mol. The highest BCUT2D eigenvalue weighted by Crippen LogP contribution is 2.40. The van der Waals surface area contributed by atoms with E-state index in [1.54, 1.807) is 22.7 Å². The molecule has 2 atom stereocenters. The van der Waals surface area contributed by atoms with E-state index in [4.69, 9.17) is 11.6 Å². The first-order valence-electron chi connectivity index (χ1n) is 6.10. The third-order valence-corrected chi connectivity index (χ3v) is 5.74. The molecule has 2 nitrogen and oxygen atoms in total. The zero-order chi connectivity index (χ0) is 12.7. The Morgan fingerprint density at radius 2 is 2.33 bits per heavy atom. The number of hydrogen-bond acceptors (Lipinski definition) is 4. The summed E-state index contributed by atoms with van der Waals surface area (Å²) in [7, 11) is 0. The largest absolute Gasteiger partial charge is 0.301 e. The molecule has 0 aromatic carbocycles. The molecule has 2 aromatic heterocycles. The normalized spacial score (nSPS) is 20.1. The van der Waals surface area contributed by atoms with Gasteiger partial charge in [-0.25, -0.2) is 4.98 Å². The molecule has 2 heterocycles. The zero-order valence-corrected chi connectivity index (χ0v) is 12.8. The smallest absolute Gasteiger partial charge is 0.109 e. The van der Waals surface area contributed by atoms with Gasteiger partial charge in [-0.1, -0.05) is 11.6 Å². The van der Waals surface area contributed by atoms with Crippen molar-refractivity contribution in [3.8, 4) is 0 Å². The number of halogens is 1. The molecule has 96 valence electrons. The van der Waals surface area contributed by atoms with Crippen molar-refractivity contribution in [2.75, 3.05) is 0 Å². The molecule has 5 heteroatoms. The molecule has 3 rings (SSSR count). The van der Waals surface area contributed by atoms with Gasteiger partial charge in [-0.2, -0.15) is 0 Å². The Labute approximate surface area is 120 Å². The summed E-state index contributed by atoms with van der Waals surface area (Å²) in [6.45, 7) is 4.28. The fraction of sp³-hybridized carbons (Fsp3) is 0.462. The molecule has 2 unspecified atom stereocenters. The number of fused-ring (bicyclic) bond motifs is 1. The summed E-state index contributed by atoms with van der Waals surface area (Å²) in [6, 6.07) is 2.85. The van der Waals surface area contributed by atoms with E-state index in [-0.39, 0.29) is 0 Å². The molecule has 0 fully saturated rings. The van der Waals surface area contributed by atoms with E-state index in [9.17, 15) is 0 Å². The number of aromatic nitrogens is 1. The summed E-state index contributed by atoms with van der Waals surface area (Å²) in [4.78, 5) is 7.16. The molecule has 0 radical (unpaired) electrons. The quantitative estimate of drug-likeness (QED) is 0.902. The average molecular weight is 299 g/mol. The van der Waals surface area contributed by atoms with E-state index in [0.717, 1.165) is 10.8 Å². The molecule has 1 N–H and O–H groups in total. The Balaban J connectivity index is 1.74. The molecule has 0 bridgehead atoms. The molecule has 1 aliphatic rings. The van der Waals surface area contributed by atoms with Crippen molar-refractivity contribution in [1.29, 1.82) is 0 Å². The summed E-state index contributed by atoms with van der Waals surface area (Å²) in [5.74, 6) is 0. The summed E-state index contributed by atoms with van der Waals surface area (Å²) in [5.41, 5.74) is 1.39. The lowest BCUT2D eigenvalue weighted by atomic mass is 10.1. The highest BCUT2D eigenvalue weighted by molar-refractivity contribution is 7.16. The predicted octanol–water partition coefficient (Wildman–Crippen LogP) is 4.50. The molecule has 0 aliphatic heterocycles. The monoisotopic (exact) mass is 298 g/mol. The van der Waals surface area contributed by atoms with Crippen LogP contribution in [0.5, 0.6) is 0 Å². The summed E-state index contributed by atoms with van der Waals surface area (Å²) < 4.78 is 0.907. The maximum atomic E-state index is 6.08. The number of rotatable bonds is 3. The lowest BCUT2D eigenvalue weighted by Crippen LogP contribution is -2.22. The van der Waals surface area contributed by atoms with Gasteiger partial charge in [-0.3, -0.25) is 0 Å². The van der Waals surface area contributed by atoms with Crippen LogP contribution in [0.1, 0.15) is 45.8 Å². The molecule has 0 spiro atoms. The first kappa shape index (κ1) is 12.6. The maximum absolute atomic E-state index is 6.08. The van der Waals surface area contributed by atoms with E-state index in [0.29, 0.717) is 12.1 Å². The second-order valence-corrected chi connectivity index (χ2v) is 7.75. The molecule has 2 aromatic rings. The topological polar surface area (TPSA) is 24.9 Å². The van der Waals surface area contributed by atoms with Crippen molar-refractivity contribution in [3.05, 3.63) is 36.9 Å². The van der Waals surface area contributed by atoms with Gasteiger partial charge in [0, 0.05) is 22.0 Å². The Bertz CT molecular complexity index is 561. The van der Waals surface area contributed by atoms with Gasteiger partial charge in [0.25, 0.3) is 0 Å². The van der Waals surface area contributed by atoms with Crippen LogP contribution < -0.4 is 5.32 Å². The number of hydrogen-bond donors (Lipinski definition) is 1.